The van der Waals surface area contributed by atoms with Crippen LogP contribution in [0.3, 0.4) is 0 Å². The lowest BCUT2D eigenvalue weighted by Crippen LogP contribution is -2.01. The second-order valence-electron chi connectivity index (χ2n) is 3.57. The fourth-order valence-corrected chi connectivity index (χ4v) is 1.52. The smallest absolute Gasteiger partial charge is 0.121 e. The number of benzene rings is 1. The predicted octanol–water partition coefficient (Wildman–Crippen LogP) is 2.47. The summed E-state index contributed by atoms with van der Waals surface area (Å²) in [5.41, 5.74) is 2.67. The minimum atomic E-state index is -0.633. The van der Waals surface area contributed by atoms with Crippen molar-refractivity contribution in [3.8, 4) is 0 Å². The third-order valence-corrected chi connectivity index (χ3v) is 2.33. The molecule has 1 atom stereocenters. The van der Waals surface area contributed by atoms with Gasteiger partial charge in [0.25, 0.3) is 0 Å². The maximum Gasteiger partial charge on any atom is 0.121 e. The predicted molar refractivity (Wildman–Crippen MR) is 59.5 cm³/mol. The number of aliphatic hydroxyl groups excluding tert-OH is 1. The number of rotatable bonds is 2. The van der Waals surface area contributed by atoms with E-state index in [1.165, 1.54) is 0 Å². The fraction of sp³-hybridized carbons (Fsp3) is 0.154. The van der Waals surface area contributed by atoms with Gasteiger partial charge >= 0.3 is 0 Å². The van der Waals surface area contributed by atoms with Crippen molar-refractivity contribution in [3.05, 3.63) is 65.5 Å². The lowest BCUT2D eigenvalue weighted by Gasteiger charge is -2.10. The molecule has 76 valence electrons. The van der Waals surface area contributed by atoms with Crippen molar-refractivity contribution >= 4 is 0 Å². The molecule has 2 aromatic rings. The SMILES string of the molecule is Cc1ccnc([C@H](O)c2ccccc2)c1. The third-order valence-electron chi connectivity index (χ3n) is 2.33. The highest BCUT2D eigenvalue weighted by molar-refractivity contribution is 5.27. The Morgan fingerprint density at radius 2 is 1.87 bits per heavy atom. The van der Waals surface area contributed by atoms with Crippen LogP contribution in [0.15, 0.2) is 48.7 Å². The molecule has 1 aromatic carbocycles. The molecule has 2 heteroatoms. The number of aryl methyl sites for hydroxylation is 1. The maximum absolute atomic E-state index is 10.1. The first kappa shape index (κ1) is 9.87. The van der Waals surface area contributed by atoms with E-state index in [2.05, 4.69) is 4.98 Å². The first-order chi connectivity index (χ1) is 7.27. The van der Waals surface area contributed by atoms with E-state index < -0.39 is 6.10 Å². The van der Waals surface area contributed by atoms with Crippen LogP contribution in [0.2, 0.25) is 0 Å². The van der Waals surface area contributed by atoms with Crippen LogP contribution in [0.1, 0.15) is 22.9 Å². The van der Waals surface area contributed by atoms with E-state index in [1.807, 2.05) is 49.4 Å². The Morgan fingerprint density at radius 3 is 2.53 bits per heavy atom. The molecule has 0 fully saturated rings. The summed E-state index contributed by atoms with van der Waals surface area (Å²) in [6.07, 6.45) is 1.09. The maximum atomic E-state index is 10.1. The molecule has 1 N–H and O–H groups in total. The zero-order chi connectivity index (χ0) is 10.7. The van der Waals surface area contributed by atoms with Gasteiger partial charge in [0, 0.05) is 6.20 Å². The number of nitrogens with zero attached hydrogens (tertiary/aromatic N) is 1. The molecular formula is C13H13NO. The Kier molecular flexibility index (Phi) is 2.79. The summed E-state index contributed by atoms with van der Waals surface area (Å²) < 4.78 is 0. The fourth-order valence-electron chi connectivity index (χ4n) is 1.52. The molecule has 0 aliphatic rings. The number of hydrogen-bond donors (Lipinski definition) is 1. The molecule has 0 unspecified atom stereocenters. The normalized spacial score (nSPS) is 12.4. The number of hydrogen-bond acceptors (Lipinski definition) is 2. The first-order valence-corrected chi connectivity index (χ1v) is 4.93. The Hall–Kier alpha value is -1.67. The zero-order valence-electron chi connectivity index (χ0n) is 8.59. The van der Waals surface area contributed by atoms with E-state index in [-0.39, 0.29) is 0 Å². The summed E-state index contributed by atoms with van der Waals surface area (Å²) >= 11 is 0. The molecule has 1 heterocycles. The van der Waals surface area contributed by atoms with Crippen molar-refractivity contribution in [1.29, 1.82) is 0 Å². The summed E-state index contributed by atoms with van der Waals surface area (Å²) in [7, 11) is 0. The van der Waals surface area contributed by atoms with Crippen molar-refractivity contribution in [2.75, 3.05) is 0 Å². The molecule has 0 saturated heterocycles. The molecule has 15 heavy (non-hydrogen) atoms. The monoisotopic (exact) mass is 199 g/mol. The number of aromatic nitrogens is 1. The van der Waals surface area contributed by atoms with Gasteiger partial charge in [0.2, 0.25) is 0 Å². The van der Waals surface area contributed by atoms with Crippen LogP contribution in [0.25, 0.3) is 0 Å². The summed E-state index contributed by atoms with van der Waals surface area (Å²) in [4.78, 5) is 4.17. The van der Waals surface area contributed by atoms with E-state index in [0.717, 1.165) is 11.1 Å². The van der Waals surface area contributed by atoms with Gasteiger partial charge in [-0.2, -0.15) is 0 Å². The molecule has 1 aromatic heterocycles. The minimum absolute atomic E-state index is 0.633. The molecule has 0 bridgehead atoms. The van der Waals surface area contributed by atoms with Gasteiger partial charge in [-0.15, -0.1) is 0 Å². The van der Waals surface area contributed by atoms with Gasteiger partial charge in [-0.25, -0.2) is 0 Å². The molecule has 0 saturated carbocycles. The Balaban J connectivity index is 2.32. The van der Waals surface area contributed by atoms with Gasteiger partial charge in [0.15, 0.2) is 0 Å². The van der Waals surface area contributed by atoms with Crippen LogP contribution >= 0.6 is 0 Å². The van der Waals surface area contributed by atoms with Gasteiger partial charge in [0.1, 0.15) is 6.10 Å². The molecule has 0 amide bonds. The lowest BCUT2D eigenvalue weighted by molar-refractivity contribution is 0.215. The van der Waals surface area contributed by atoms with E-state index >= 15 is 0 Å². The van der Waals surface area contributed by atoms with Crippen molar-refractivity contribution in [2.45, 2.75) is 13.0 Å². The first-order valence-electron chi connectivity index (χ1n) is 4.93. The molecular weight excluding hydrogens is 186 g/mol. The zero-order valence-corrected chi connectivity index (χ0v) is 8.59. The number of aliphatic hydroxyl groups is 1. The van der Waals surface area contributed by atoms with Crippen LogP contribution < -0.4 is 0 Å². The van der Waals surface area contributed by atoms with E-state index in [9.17, 15) is 5.11 Å². The second kappa shape index (κ2) is 4.24. The van der Waals surface area contributed by atoms with Gasteiger partial charge in [-0.3, -0.25) is 4.98 Å². The average Bonchev–Trinajstić information content (AvgIpc) is 2.29. The largest absolute Gasteiger partial charge is 0.382 e. The van der Waals surface area contributed by atoms with Crippen LogP contribution in [-0.2, 0) is 0 Å². The lowest BCUT2D eigenvalue weighted by atomic mass is 10.1. The quantitative estimate of drug-likeness (QED) is 0.806. The van der Waals surface area contributed by atoms with Crippen LogP contribution in [-0.4, -0.2) is 10.1 Å². The average molecular weight is 199 g/mol. The standard InChI is InChI=1S/C13H13NO/c1-10-7-8-14-12(9-10)13(15)11-5-3-2-4-6-11/h2-9,13,15H,1H3/t13-/m1/s1. The van der Waals surface area contributed by atoms with E-state index in [0.29, 0.717) is 5.69 Å². The van der Waals surface area contributed by atoms with Crippen LogP contribution in [0.5, 0.6) is 0 Å². The highest BCUT2D eigenvalue weighted by Crippen LogP contribution is 2.19. The van der Waals surface area contributed by atoms with Crippen LogP contribution in [0.4, 0.5) is 0 Å². The van der Waals surface area contributed by atoms with Crippen molar-refractivity contribution in [2.24, 2.45) is 0 Å². The topological polar surface area (TPSA) is 33.1 Å². The summed E-state index contributed by atoms with van der Waals surface area (Å²) in [6, 6.07) is 13.4. The molecule has 2 nitrogen and oxygen atoms in total. The summed E-state index contributed by atoms with van der Waals surface area (Å²) in [5, 5.41) is 10.1. The Labute approximate surface area is 89.2 Å². The third kappa shape index (κ3) is 2.22. The molecule has 0 aliphatic carbocycles. The molecule has 0 aliphatic heterocycles. The van der Waals surface area contributed by atoms with E-state index in [4.69, 9.17) is 0 Å². The highest BCUT2D eigenvalue weighted by Gasteiger charge is 2.10. The van der Waals surface area contributed by atoms with Gasteiger partial charge in [-0.1, -0.05) is 30.3 Å². The van der Waals surface area contributed by atoms with Gasteiger partial charge in [0.05, 0.1) is 5.69 Å². The Morgan fingerprint density at radius 1 is 1.13 bits per heavy atom. The summed E-state index contributed by atoms with van der Waals surface area (Å²) in [5.74, 6) is 0. The second-order valence-corrected chi connectivity index (χ2v) is 3.57. The van der Waals surface area contributed by atoms with Gasteiger partial charge < -0.3 is 5.11 Å². The molecule has 0 spiro atoms. The van der Waals surface area contributed by atoms with E-state index in [1.54, 1.807) is 6.20 Å². The summed E-state index contributed by atoms with van der Waals surface area (Å²) in [6.45, 7) is 1.99. The highest BCUT2D eigenvalue weighted by atomic mass is 16.3. The minimum Gasteiger partial charge on any atom is -0.382 e. The van der Waals surface area contributed by atoms with Crippen molar-refractivity contribution in [3.63, 3.8) is 0 Å². The molecule has 0 radical (unpaired) electrons. The van der Waals surface area contributed by atoms with Crippen molar-refractivity contribution in [1.82, 2.24) is 4.98 Å². The van der Waals surface area contributed by atoms with Crippen molar-refractivity contribution < 1.29 is 5.11 Å². The Bertz CT molecular complexity index is 439. The van der Waals surface area contributed by atoms with Crippen LogP contribution in [0, 0.1) is 6.92 Å². The number of pyridine rings is 1. The van der Waals surface area contributed by atoms with Gasteiger partial charge in [-0.05, 0) is 30.2 Å². The molecule has 2 rings (SSSR count).